The molecule has 0 radical (unpaired) electrons. The van der Waals surface area contributed by atoms with E-state index in [0.717, 1.165) is 55.4 Å². The molecular weight excluding hydrogens is 837 g/mol. The zero-order valence-electron chi connectivity index (χ0n) is 36.2. The van der Waals surface area contributed by atoms with Crippen LogP contribution in [-0.2, 0) is 16.1 Å². The minimum Gasteiger partial charge on any atom is -0.489 e. The number of carbonyl (C=O) groups is 5. The van der Waals surface area contributed by atoms with Gasteiger partial charge in [0, 0.05) is 61.4 Å². The van der Waals surface area contributed by atoms with Gasteiger partial charge in [-0.05, 0) is 86.3 Å². The maximum atomic E-state index is 15.6. The first kappa shape index (κ1) is 42.1. The molecule has 2 saturated carbocycles. The molecule has 2 aromatic carbocycles. The number of hydrogen-bond acceptors (Lipinski definition) is 9. The first-order valence-corrected chi connectivity index (χ1v) is 22.6. The van der Waals surface area contributed by atoms with E-state index in [2.05, 4.69) is 54.6 Å². The molecule has 3 aromatic rings. The van der Waals surface area contributed by atoms with Crippen molar-refractivity contribution in [2.75, 3.05) is 31.1 Å². The number of imide groups is 2. The van der Waals surface area contributed by atoms with Gasteiger partial charge in [0.15, 0.2) is 0 Å². The smallest absolute Gasteiger partial charge is 0.262 e. The number of nitrogens with zero attached hydrogens (tertiary/aromatic N) is 6. The molecule has 3 saturated heterocycles. The van der Waals surface area contributed by atoms with Crippen molar-refractivity contribution >= 4 is 52.5 Å². The third-order valence-electron chi connectivity index (χ3n) is 15.1. The Morgan fingerprint density at radius 1 is 0.859 bits per heavy atom. The van der Waals surface area contributed by atoms with Crippen molar-refractivity contribution in [3.8, 4) is 17.6 Å². The van der Waals surface area contributed by atoms with Gasteiger partial charge in [0.05, 0.1) is 46.2 Å². The summed E-state index contributed by atoms with van der Waals surface area (Å²) in [5.74, 6) is 5.29. The van der Waals surface area contributed by atoms with E-state index < -0.39 is 35.5 Å². The van der Waals surface area contributed by atoms with Crippen LogP contribution in [0.25, 0.3) is 4.85 Å². The minimum absolute atomic E-state index is 0.0184. The van der Waals surface area contributed by atoms with Crippen LogP contribution in [0.5, 0.6) is 5.75 Å². The average molecular weight is 886 g/mol. The van der Waals surface area contributed by atoms with Crippen LogP contribution in [0, 0.1) is 52.8 Å². The number of nitrogens with one attached hydrogen (secondary N) is 1. The second kappa shape index (κ2) is 15.4. The van der Waals surface area contributed by atoms with E-state index in [4.69, 9.17) is 27.9 Å². The molecule has 64 heavy (non-hydrogen) atoms. The number of anilines is 1. The summed E-state index contributed by atoms with van der Waals surface area (Å²) in [6, 6.07) is 10.7. The molecule has 3 atom stereocenters. The molecule has 330 valence electrons. The standard InChI is InChI=1S/C49H49ClFN7O6/c1-48(2)46(49(3,4)47(48)64-31-13-15-37(52-5)35(50)18-31)57-25-38-32(43(57)61)14-10-29(53-38)9-6-26-7-11-30(12-8-26)55-21-27-23-56(24-28(27)22-55)40-20-34-33(19-36(40)51)44(62)58(45(34)63)39-16-17-41(59)54-42(39)60/h10,13-15,18-20,26-28,30,39,46-47H,7-8,11-12,16-17,21-25H2,1-4H3,(H,54,59,60). The fourth-order valence-electron chi connectivity index (χ4n) is 12.5. The Hall–Kier alpha value is -5.83. The van der Waals surface area contributed by atoms with Gasteiger partial charge in [-0.15, -0.1) is 0 Å². The fourth-order valence-corrected chi connectivity index (χ4v) is 12.7. The number of fused-ring (bicyclic) bond motifs is 3. The molecule has 1 N–H and O–H groups in total. The largest absolute Gasteiger partial charge is 0.489 e. The Morgan fingerprint density at radius 2 is 1.55 bits per heavy atom. The molecule has 5 fully saturated rings. The van der Waals surface area contributed by atoms with Crippen molar-refractivity contribution in [2.45, 2.75) is 97.0 Å². The van der Waals surface area contributed by atoms with Crippen molar-refractivity contribution in [1.82, 2.24) is 25.0 Å². The summed E-state index contributed by atoms with van der Waals surface area (Å²) >= 11 is 6.30. The number of aromatic nitrogens is 1. The summed E-state index contributed by atoms with van der Waals surface area (Å²) in [5, 5.41) is 2.54. The van der Waals surface area contributed by atoms with Gasteiger partial charge in [-0.1, -0.05) is 51.3 Å². The summed E-state index contributed by atoms with van der Waals surface area (Å²) in [5.41, 5.74) is 1.99. The highest BCUT2D eigenvalue weighted by atomic mass is 35.5. The van der Waals surface area contributed by atoms with E-state index in [-0.39, 0.29) is 58.8 Å². The maximum Gasteiger partial charge on any atom is 0.262 e. The van der Waals surface area contributed by atoms with E-state index in [9.17, 15) is 24.0 Å². The van der Waals surface area contributed by atoms with Crippen LogP contribution in [0.1, 0.15) is 109 Å². The molecule has 13 nitrogen and oxygen atoms in total. The number of benzene rings is 2. The summed E-state index contributed by atoms with van der Waals surface area (Å²) in [6.45, 7) is 19.3. The van der Waals surface area contributed by atoms with Gasteiger partial charge in [-0.25, -0.2) is 14.2 Å². The fraction of sp³-hybridized carbons (Fsp3) is 0.490. The lowest BCUT2D eigenvalue weighted by molar-refractivity contribution is -0.199. The van der Waals surface area contributed by atoms with Gasteiger partial charge in [-0.3, -0.25) is 39.1 Å². The lowest BCUT2D eigenvalue weighted by Crippen LogP contribution is -2.74. The molecule has 15 heteroatoms. The van der Waals surface area contributed by atoms with Crippen LogP contribution in [0.15, 0.2) is 42.5 Å². The highest BCUT2D eigenvalue weighted by Gasteiger charge is 2.67. The van der Waals surface area contributed by atoms with Crippen molar-refractivity contribution < 1.29 is 33.1 Å². The van der Waals surface area contributed by atoms with Crippen molar-refractivity contribution in [3.63, 3.8) is 0 Å². The average Bonchev–Trinajstić information content (AvgIpc) is 3.99. The zero-order valence-corrected chi connectivity index (χ0v) is 37.0. The topological polar surface area (TPSA) is 137 Å². The molecule has 10 rings (SSSR count). The molecular formula is C49H49ClFN7O6. The maximum absolute atomic E-state index is 15.6. The summed E-state index contributed by atoms with van der Waals surface area (Å²) in [7, 11) is 0. The number of ether oxygens (including phenoxy) is 1. The number of likely N-dealkylation sites (tertiary alicyclic amines) is 1. The molecule has 1 aromatic heterocycles. The van der Waals surface area contributed by atoms with E-state index in [1.165, 1.54) is 6.07 Å². The van der Waals surface area contributed by atoms with Crippen molar-refractivity contribution in [2.24, 2.45) is 28.6 Å². The first-order chi connectivity index (χ1) is 30.5. The van der Waals surface area contributed by atoms with Crippen LogP contribution in [0.3, 0.4) is 0 Å². The van der Waals surface area contributed by atoms with Gasteiger partial charge >= 0.3 is 0 Å². The van der Waals surface area contributed by atoms with Crippen LogP contribution < -0.4 is 15.0 Å². The lowest BCUT2D eigenvalue weighted by atomic mass is 9.49. The van der Waals surface area contributed by atoms with Crippen LogP contribution in [-0.4, -0.2) is 99.6 Å². The van der Waals surface area contributed by atoms with Crippen LogP contribution in [0.4, 0.5) is 15.8 Å². The molecule has 2 aliphatic carbocycles. The molecule has 3 unspecified atom stereocenters. The predicted molar refractivity (Wildman–Crippen MR) is 234 cm³/mol. The van der Waals surface area contributed by atoms with Crippen molar-refractivity contribution in [3.05, 3.63) is 92.8 Å². The second-order valence-corrected chi connectivity index (χ2v) is 20.2. The molecule has 0 spiro atoms. The Morgan fingerprint density at radius 3 is 2.20 bits per heavy atom. The SMILES string of the molecule is [C-]#[N+]c1ccc(OC2C(C)(C)C(N3Cc4nc(C#CC5CCC(N6CC7CN(c8cc9c(cc8F)C(=O)N(C8CCC(=O)NC8=O)C9=O)CC7C6)CC5)ccc4C3=O)C2(C)C)cc1Cl. The van der Waals surface area contributed by atoms with Gasteiger partial charge in [0.2, 0.25) is 17.5 Å². The van der Waals surface area contributed by atoms with E-state index >= 15 is 4.39 Å². The van der Waals surface area contributed by atoms with E-state index in [1.807, 2.05) is 21.9 Å². The number of piperidine rings is 1. The predicted octanol–water partition coefficient (Wildman–Crippen LogP) is 6.64. The second-order valence-electron chi connectivity index (χ2n) is 19.8. The highest BCUT2D eigenvalue weighted by molar-refractivity contribution is 6.33. The summed E-state index contributed by atoms with van der Waals surface area (Å²) < 4.78 is 22.1. The normalized spacial score (nSPS) is 29.1. The molecule has 6 heterocycles. The molecule has 5 aliphatic heterocycles. The Kier molecular flexibility index (Phi) is 10.2. The number of hydrogen-bond donors (Lipinski definition) is 1. The number of rotatable bonds is 6. The minimum atomic E-state index is -1.10. The summed E-state index contributed by atoms with van der Waals surface area (Å²) in [4.78, 5) is 80.3. The van der Waals surface area contributed by atoms with E-state index in [0.29, 0.717) is 70.9 Å². The Bertz CT molecular complexity index is 2630. The van der Waals surface area contributed by atoms with Gasteiger partial charge in [0.25, 0.3) is 17.7 Å². The van der Waals surface area contributed by atoms with E-state index in [1.54, 1.807) is 18.2 Å². The first-order valence-electron chi connectivity index (χ1n) is 22.2. The molecule has 7 aliphatic rings. The van der Waals surface area contributed by atoms with Crippen LogP contribution in [0.2, 0.25) is 5.02 Å². The number of amides is 5. The lowest BCUT2D eigenvalue weighted by Gasteiger charge is -2.65. The van der Waals surface area contributed by atoms with Gasteiger partial charge in [-0.2, -0.15) is 0 Å². The Labute approximate surface area is 376 Å². The van der Waals surface area contributed by atoms with Crippen LogP contribution >= 0.6 is 11.6 Å². The molecule has 0 bridgehead atoms. The number of halogens is 2. The highest BCUT2D eigenvalue weighted by Crippen LogP contribution is 2.59. The summed E-state index contributed by atoms with van der Waals surface area (Å²) in [6.07, 6.45) is 3.92. The number of pyridine rings is 1. The monoisotopic (exact) mass is 885 g/mol. The van der Waals surface area contributed by atoms with Gasteiger partial charge < -0.3 is 14.5 Å². The zero-order chi connectivity index (χ0) is 45.0. The third-order valence-corrected chi connectivity index (χ3v) is 15.4. The third kappa shape index (κ3) is 6.83. The van der Waals surface area contributed by atoms with Crippen molar-refractivity contribution in [1.29, 1.82) is 0 Å². The number of carbonyl (C=O) groups excluding carboxylic acids is 5. The molecule has 5 amide bonds. The quantitative estimate of drug-likeness (QED) is 0.164. The van der Waals surface area contributed by atoms with Gasteiger partial charge in [0.1, 0.15) is 29.4 Å². The Balaban J connectivity index is 0.722.